The van der Waals surface area contributed by atoms with E-state index in [2.05, 4.69) is 9.97 Å². The summed E-state index contributed by atoms with van der Waals surface area (Å²) in [4.78, 5) is 33.0. The first-order chi connectivity index (χ1) is 12.5. The molecule has 10 heteroatoms. The number of fused-ring (bicyclic) bond motifs is 1. The first-order valence-electron chi connectivity index (χ1n) is 8.60. The van der Waals surface area contributed by atoms with Gasteiger partial charge < -0.3 is 19.9 Å². The molecule has 1 aliphatic carbocycles. The summed E-state index contributed by atoms with van der Waals surface area (Å²) in [5.41, 5.74) is 6.31. The Kier molecular flexibility index (Phi) is 4.06. The fourth-order valence-corrected chi connectivity index (χ4v) is 3.39. The smallest absolute Gasteiger partial charge is 0.332 e. The molecule has 2 aromatic rings. The van der Waals surface area contributed by atoms with Gasteiger partial charge in [0.05, 0.1) is 13.7 Å². The lowest BCUT2D eigenvalue weighted by atomic mass is 10.2. The van der Waals surface area contributed by atoms with Gasteiger partial charge in [0, 0.05) is 19.9 Å². The average Bonchev–Trinajstić information content (AvgIpc) is 3.24. The Labute approximate surface area is 148 Å². The number of nitrogen functional groups attached to an aromatic ring is 1. The monoisotopic (exact) mass is 363 g/mol. The molecule has 0 aromatic carbocycles. The van der Waals surface area contributed by atoms with Crippen LogP contribution < -0.4 is 16.2 Å². The van der Waals surface area contributed by atoms with Gasteiger partial charge in [-0.15, -0.1) is 0 Å². The number of carbonyl (C=O) groups is 1. The summed E-state index contributed by atoms with van der Waals surface area (Å²) in [6, 6.07) is 0. The van der Waals surface area contributed by atoms with Crippen molar-refractivity contribution in [1.29, 1.82) is 0 Å². The van der Waals surface area contributed by atoms with Crippen LogP contribution >= 0.6 is 0 Å². The molecular weight excluding hydrogens is 342 g/mol. The molecular formula is C16H21N5O5. The highest BCUT2D eigenvalue weighted by Gasteiger charge is 2.37. The van der Waals surface area contributed by atoms with E-state index >= 15 is 0 Å². The maximum Gasteiger partial charge on any atom is 0.332 e. The summed E-state index contributed by atoms with van der Waals surface area (Å²) in [6.45, 7) is 2.26. The zero-order valence-electron chi connectivity index (χ0n) is 14.7. The highest BCUT2D eigenvalue weighted by molar-refractivity contribution is 5.78. The van der Waals surface area contributed by atoms with Crippen LogP contribution in [0.1, 0.15) is 32.4 Å². The Morgan fingerprint density at radius 2 is 2.12 bits per heavy atom. The summed E-state index contributed by atoms with van der Waals surface area (Å²) in [5.74, 6) is 0.259. The van der Waals surface area contributed by atoms with E-state index in [4.69, 9.17) is 19.9 Å². The van der Waals surface area contributed by atoms with Crippen molar-refractivity contribution in [1.82, 2.24) is 19.1 Å². The Hall–Kier alpha value is -2.62. The summed E-state index contributed by atoms with van der Waals surface area (Å²) < 4.78 is 19.4. The molecule has 3 heterocycles. The van der Waals surface area contributed by atoms with Gasteiger partial charge in [0.1, 0.15) is 6.10 Å². The minimum Gasteiger partial charge on any atom is -0.479 e. The van der Waals surface area contributed by atoms with E-state index < -0.39 is 18.3 Å². The number of carbonyl (C=O) groups excluding carboxylic acids is 1. The van der Waals surface area contributed by atoms with Gasteiger partial charge in [-0.1, -0.05) is 0 Å². The Balaban J connectivity index is 1.91. The number of anilines is 1. The first kappa shape index (κ1) is 16.8. The number of nitrogens with two attached hydrogens (primary N) is 1. The first-order valence-corrected chi connectivity index (χ1v) is 8.60. The third-order valence-corrected chi connectivity index (χ3v) is 4.70. The van der Waals surface area contributed by atoms with Gasteiger partial charge in [-0.3, -0.25) is 9.36 Å². The Morgan fingerprint density at radius 3 is 2.77 bits per heavy atom. The second-order valence-corrected chi connectivity index (χ2v) is 6.67. The van der Waals surface area contributed by atoms with Gasteiger partial charge in [-0.2, -0.15) is 9.97 Å². The van der Waals surface area contributed by atoms with Crippen molar-refractivity contribution in [3.63, 3.8) is 0 Å². The van der Waals surface area contributed by atoms with Crippen LogP contribution in [0.3, 0.4) is 0 Å². The van der Waals surface area contributed by atoms with Gasteiger partial charge in [0.15, 0.2) is 17.4 Å². The van der Waals surface area contributed by atoms with Crippen LogP contribution in [0.5, 0.6) is 5.88 Å². The van der Waals surface area contributed by atoms with E-state index in [-0.39, 0.29) is 17.5 Å². The Morgan fingerprint density at radius 1 is 1.35 bits per heavy atom. The zero-order chi connectivity index (χ0) is 18.4. The number of ether oxygens (including phenoxy) is 3. The molecule has 2 aliphatic rings. The fraction of sp³-hybridized carbons (Fsp3) is 0.625. The largest absolute Gasteiger partial charge is 0.479 e. The minimum atomic E-state index is -0.756. The highest BCUT2D eigenvalue weighted by Crippen LogP contribution is 2.34. The van der Waals surface area contributed by atoms with Crippen molar-refractivity contribution in [2.24, 2.45) is 5.92 Å². The molecule has 1 aliphatic heterocycles. The van der Waals surface area contributed by atoms with E-state index in [9.17, 15) is 9.59 Å². The number of hydrogen-bond donors (Lipinski definition) is 1. The third-order valence-electron chi connectivity index (χ3n) is 4.70. The van der Waals surface area contributed by atoms with E-state index in [0.29, 0.717) is 36.7 Å². The molecule has 1 saturated heterocycles. The van der Waals surface area contributed by atoms with Crippen LogP contribution in [-0.4, -0.2) is 44.9 Å². The molecule has 2 unspecified atom stereocenters. The molecule has 26 heavy (non-hydrogen) atoms. The molecule has 2 aromatic heterocycles. The molecule has 4 rings (SSSR count). The minimum absolute atomic E-state index is 0.00583. The summed E-state index contributed by atoms with van der Waals surface area (Å²) in [6.07, 6.45) is 1.34. The van der Waals surface area contributed by atoms with E-state index in [0.717, 1.165) is 12.8 Å². The van der Waals surface area contributed by atoms with Crippen LogP contribution in [0.2, 0.25) is 0 Å². The molecule has 0 radical (unpaired) electrons. The van der Waals surface area contributed by atoms with Crippen LogP contribution in [0.25, 0.3) is 11.2 Å². The predicted molar refractivity (Wildman–Crippen MR) is 90.6 cm³/mol. The van der Waals surface area contributed by atoms with E-state index in [1.54, 1.807) is 4.57 Å². The standard InChI is InChI=1S/C16H21N5O5/c1-8(22)26-10-5-6-25-14(10)21-12-11(13(24-2)19-15(17)18-12)20(16(21)23)7-9-3-4-9/h9-10,14H,3-7H2,1-2H3,(H2,17,18,19). The number of hydrogen-bond acceptors (Lipinski definition) is 8. The molecule has 2 N–H and O–H groups in total. The molecule has 0 spiro atoms. The Bertz CT molecular complexity index is 916. The van der Waals surface area contributed by atoms with Crippen molar-refractivity contribution in [3.8, 4) is 5.88 Å². The fourth-order valence-electron chi connectivity index (χ4n) is 3.39. The molecule has 140 valence electrons. The van der Waals surface area contributed by atoms with Crippen LogP contribution in [0.15, 0.2) is 4.79 Å². The number of esters is 1. The number of aromatic nitrogens is 4. The molecule has 0 bridgehead atoms. The molecule has 0 amide bonds. The van der Waals surface area contributed by atoms with Gasteiger partial charge >= 0.3 is 11.7 Å². The quantitative estimate of drug-likeness (QED) is 0.759. The van der Waals surface area contributed by atoms with E-state index in [1.807, 2.05) is 0 Å². The number of rotatable bonds is 5. The number of nitrogens with zero attached hydrogens (tertiary/aromatic N) is 4. The number of imidazole rings is 1. The highest BCUT2D eigenvalue weighted by atomic mass is 16.6. The summed E-state index contributed by atoms with van der Waals surface area (Å²) in [5, 5.41) is 0. The normalized spacial score (nSPS) is 22.7. The molecule has 1 saturated carbocycles. The predicted octanol–water partition coefficient (Wildman–Crippen LogP) is 0.444. The zero-order valence-corrected chi connectivity index (χ0v) is 14.7. The summed E-state index contributed by atoms with van der Waals surface area (Å²) in [7, 11) is 1.47. The van der Waals surface area contributed by atoms with E-state index in [1.165, 1.54) is 18.6 Å². The van der Waals surface area contributed by atoms with Crippen LogP contribution in [0.4, 0.5) is 5.95 Å². The maximum absolute atomic E-state index is 13.2. The SMILES string of the molecule is COc1nc(N)nc2c1n(CC1CC1)c(=O)n2C1OCCC1OC(C)=O. The topological polar surface area (TPSA) is 123 Å². The van der Waals surface area contributed by atoms with Crippen molar-refractivity contribution < 1.29 is 19.0 Å². The van der Waals surface area contributed by atoms with Crippen molar-refractivity contribution in [2.45, 2.75) is 45.1 Å². The van der Waals surface area contributed by atoms with Crippen molar-refractivity contribution in [3.05, 3.63) is 10.5 Å². The molecule has 2 atom stereocenters. The van der Waals surface area contributed by atoms with Crippen molar-refractivity contribution in [2.75, 3.05) is 19.5 Å². The summed E-state index contributed by atoms with van der Waals surface area (Å²) >= 11 is 0. The third kappa shape index (κ3) is 2.79. The van der Waals surface area contributed by atoms with Crippen LogP contribution in [0, 0.1) is 5.92 Å². The lowest BCUT2D eigenvalue weighted by Gasteiger charge is -2.19. The van der Waals surface area contributed by atoms with Crippen LogP contribution in [-0.2, 0) is 20.8 Å². The van der Waals surface area contributed by atoms with Crippen molar-refractivity contribution >= 4 is 23.1 Å². The second-order valence-electron chi connectivity index (χ2n) is 6.67. The number of methoxy groups -OCH3 is 1. The maximum atomic E-state index is 13.2. The average molecular weight is 363 g/mol. The lowest BCUT2D eigenvalue weighted by Crippen LogP contribution is -2.34. The lowest BCUT2D eigenvalue weighted by molar-refractivity contribution is -0.151. The molecule has 2 fully saturated rings. The van der Waals surface area contributed by atoms with Gasteiger partial charge in [0.25, 0.3) is 0 Å². The van der Waals surface area contributed by atoms with Gasteiger partial charge in [0.2, 0.25) is 11.8 Å². The molecule has 10 nitrogen and oxygen atoms in total. The second kappa shape index (κ2) is 6.27. The van der Waals surface area contributed by atoms with Gasteiger partial charge in [-0.25, -0.2) is 9.36 Å². The van der Waals surface area contributed by atoms with Gasteiger partial charge in [-0.05, 0) is 18.8 Å².